The third-order valence-electron chi connectivity index (χ3n) is 3.52. The quantitative estimate of drug-likeness (QED) is 0.782. The number of nitrogens with zero attached hydrogens (tertiary/aromatic N) is 4. The number of anilines is 1. The van der Waals surface area contributed by atoms with E-state index in [0.717, 1.165) is 19.4 Å². The molecule has 122 valence electrons. The van der Waals surface area contributed by atoms with Crippen LogP contribution >= 0.6 is 11.6 Å². The van der Waals surface area contributed by atoms with E-state index in [1.807, 2.05) is 20.8 Å². The molecule has 0 unspecified atom stereocenters. The summed E-state index contributed by atoms with van der Waals surface area (Å²) < 4.78 is 5.43. The zero-order chi connectivity index (χ0) is 16.3. The third-order valence-corrected chi connectivity index (χ3v) is 3.73. The lowest BCUT2D eigenvalue weighted by Gasteiger charge is -2.38. The van der Waals surface area contributed by atoms with E-state index in [9.17, 15) is 4.79 Å². The minimum Gasteiger partial charge on any atom is -0.444 e. The molecule has 2 rings (SSSR count). The first-order valence-electron chi connectivity index (χ1n) is 7.45. The summed E-state index contributed by atoms with van der Waals surface area (Å²) in [6, 6.07) is 1.73. The van der Waals surface area contributed by atoms with Crippen molar-refractivity contribution in [2.45, 2.75) is 45.3 Å². The minimum absolute atomic E-state index is 0.0752. The van der Waals surface area contributed by atoms with Crippen LogP contribution in [0.5, 0.6) is 0 Å². The van der Waals surface area contributed by atoms with Crippen molar-refractivity contribution in [3.8, 4) is 0 Å². The molecule has 0 aliphatic carbocycles. The van der Waals surface area contributed by atoms with Gasteiger partial charge in [0.05, 0.1) is 6.04 Å². The molecule has 1 aliphatic heterocycles. The largest absolute Gasteiger partial charge is 0.444 e. The molecule has 0 radical (unpaired) electrons. The first-order valence-corrected chi connectivity index (χ1v) is 7.83. The lowest BCUT2D eigenvalue weighted by atomic mass is 10.1. The fourth-order valence-corrected chi connectivity index (χ4v) is 2.55. The zero-order valence-corrected chi connectivity index (χ0v) is 14.3. The highest BCUT2D eigenvalue weighted by atomic mass is 35.5. The number of amides is 1. The summed E-state index contributed by atoms with van der Waals surface area (Å²) in [5, 5.41) is 0.424. The molecular weight excluding hydrogens is 304 g/mol. The van der Waals surface area contributed by atoms with Crippen LogP contribution in [0.2, 0.25) is 5.15 Å². The van der Waals surface area contributed by atoms with Crippen LogP contribution in [0, 0.1) is 0 Å². The number of carbonyl (C=O) groups is 1. The van der Waals surface area contributed by atoms with Gasteiger partial charge in [0.1, 0.15) is 10.8 Å². The van der Waals surface area contributed by atoms with Crippen molar-refractivity contribution in [1.82, 2.24) is 14.9 Å². The van der Waals surface area contributed by atoms with E-state index < -0.39 is 5.60 Å². The highest BCUT2D eigenvalue weighted by Crippen LogP contribution is 2.21. The molecule has 1 saturated heterocycles. The summed E-state index contributed by atoms with van der Waals surface area (Å²) in [5.74, 6) is 0.606. The number of piperidine rings is 1. The molecule has 0 bridgehead atoms. The first kappa shape index (κ1) is 16.8. The van der Waals surface area contributed by atoms with Crippen LogP contribution < -0.4 is 4.90 Å². The Morgan fingerprint density at radius 1 is 1.50 bits per heavy atom. The molecule has 1 aromatic heterocycles. The van der Waals surface area contributed by atoms with Crippen LogP contribution in [0.4, 0.5) is 10.7 Å². The van der Waals surface area contributed by atoms with E-state index in [4.69, 9.17) is 16.3 Å². The molecule has 2 heterocycles. The van der Waals surface area contributed by atoms with E-state index >= 15 is 0 Å². The fraction of sp³-hybridized carbons (Fsp3) is 0.667. The Morgan fingerprint density at radius 3 is 2.86 bits per heavy atom. The van der Waals surface area contributed by atoms with Crippen molar-refractivity contribution in [3.05, 3.63) is 17.4 Å². The van der Waals surface area contributed by atoms with Crippen molar-refractivity contribution < 1.29 is 9.53 Å². The second-order valence-corrected chi connectivity index (χ2v) is 6.90. The molecule has 0 saturated carbocycles. The maximum absolute atomic E-state index is 12.2. The Hall–Kier alpha value is -1.56. The normalized spacial score (nSPS) is 19.0. The van der Waals surface area contributed by atoms with Gasteiger partial charge in [-0.2, -0.15) is 0 Å². The number of likely N-dealkylation sites (N-methyl/N-ethyl adjacent to an activating group) is 1. The number of rotatable bonds is 2. The van der Waals surface area contributed by atoms with E-state index in [2.05, 4.69) is 14.9 Å². The second kappa shape index (κ2) is 6.69. The molecule has 1 atom stereocenters. The maximum Gasteiger partial charge on any atom is 0.410 e. The smallest absolute Gasteiger partial charge is 0.410 e. The van der Waals surface area contributed by atoms with E-state index in [1.54, 1.807) is 24.2 Å². The highest BCUT2D eigenvalue weighted by molar-refractivity contribution is 6.29. The Bertz CT molecular complexity index is 533. The summed E-state index contributed by atoms with van der Waals surface area (Å²) in [7, 11) is 1.78. The van der Waals surface area contributed by atoms with Gasteiger partial charge in [-0.3, -0.25) is 0 Å². The Balaban J connectivity index is 2.02. The highest BCUT2D eigenvalue weighted by Gasteiger charge is 2.30. The number of ether oxygens (including phenoxy) is 1. The van der Waals surface area contributed by atoms with E-state index in [1.165, 1.54) is 0 Å². The second-order valence-electron chi connectivity index (χ2n) is 6.51. The molecule has 0 N–H and O–H groups in total. The number of hydrogen-bond acceptors (Lipinski definition) is 5. The van der Waals surface area contributed by atoms with Crippen molar-refractivity contribution in [2.24, 2.45) is 0 Å². The van der Waals surface area contributed by atoms with Gasteiger partial charge >= 0.3 is 6.09 Å². The molecular formula is C15H23ClN4O2. The SMILES string of the molecule is CN(C(=O)OC(C)(C)C)[C@@H]1CCCN(c2nccc(Cl)n2)C1. The summed E-state index contributed by atoms with van der Waals surface area (Å²) in [4.78, 5) is 24.4. The summed E-state index contributed by atoms with van der Waals surface area (Å²) in [6.07, 6.45) is 3.25. The van der Waals surface area contributed by atoms with Gasteiger partial charge in [-0.25, -0.2) is 14.8 Å². The van der Waals surface area contributed by atoms with Gasteiger partial charge in [-0.15, -0.1) is 0 Å². The number of halogens is 1. The summed E-state index contributed by atoms with van der Waals surface area (Å²) >= 11 is 5.92. The van der Waals surface area contributed by atoms with E-state index in [0.29, 0.717) is 17.6 Å². The standard InChI is InChI=1S/C15H23ClN4O2/c1-15(2,3)22-14(21)19(4)11-6-5-9-20(10-11)13-17-8-7-12(16)18-13/h7-8,11H,5-6,9-10H2,1-4H3/t11-/m1/s1. The van der Waals surface area contributed by atoms with Gasteiger partial charge in [-0.1, -0.05) is 11.6 Å². The van der Waals surface area contributed by atoms with Crippen LogP contribution in [0.1, 0.15) is 33.6 Å². The number of carbonyl (C=O) groups excluding carboxylic acids is 1. The van der Waals surface area contributed by atoms with Gasteiger partial charge in [0, 0.05) is 26.3 Å². The van der Waals surface area contributed by atoms with Gasteiger partial charge < -0.3 is 14.5 Å². The van der Waals surface area contributed by atoms with Crippen molar-refractivity contribution >= 4 is 23.6 Å². The number of aromatic nitrogens is 2. The molecule has 0 aromatic carbocycles. The molecule has 0 spiro atoms. The van der Waals surface area contributed by atoms with Crippen LogP contribution in [-0.2, 0) is 4.74 Å². The van der Waals surface area contributed by atoms with Gasteiger partial charge in [0.15, 0.2) is 0 Å². The molecule has 1 amide bonds. The Kier molecular flexibility index (Phi) is 5.11. The average molecular weight is 327 g/mol. The molecule has 7 heteroatoms. The molecule has 6 nitrogen and oxygen atoms in total. The predicted octanol–water partition coefficient (Wildman–Crippen LogP) is 2.97. The van der Waals surface area contributed by atoms with Crippen LogP contribution in [0.15, 0.2) is 12.3 Å². The Labute approximate surface area is 136 Å². The predicted molar refractivity (Wildman–Crippen MR) is 86.3 cm³/mol. The lowest BCUT2D eigenvalue weighted by Crippen LogP contribution is -2.50. The van der Waals surface area contributed by atoms with Gasteiger partial charge in [0.2, 0.25) is 5.95 Å². The minimum atomic E-state index is -0.490. The summed E-state index contributed by atoms with van der Waals surface area (Å²) in [5.41, 5.74) is -0.490. The fourth-order valence-electron chi connectivity index (χ4n) is 2.41. The average Bonchev–Trinajstić information content (AvgIpc) is 2.45. The molecule has 1 fully saturated rings. The van der Waals surface area contributed by atoms with Crippen LogP contribution in [0.3, 0.4) is 0 Å². The van der Waals surface area contributed by atoms with E-state index in [-0.39, 0.29) is 12.1 Å². The van der Waals surface area contributed by atoms with Crippen molar-refractivity contribution in [2.75, 3.05) is 25.0 Å². The molecule has 1 aliphatic rings. The zero-order valence-electron chi connectivity index (χ0n) is 13.5. The first-order chi connectivity index (χ1) is 10.3. The van der Waals surface area contributed by atoms with Crippen molar-refractivity contribution in [3.63, 3.8) is 0 Å². The topological polar surface area (TPSA) is 58.6 Å². The maximum atomic E-state index is 12.2. The third kappa shape index (κ3) is 4.47. The van der Waals surface area contributed by atoms with Crippen molar-refractivity contribution in [1.29, 1.82) is 0 Å². The van der Waals surface area contributed by atoms with Gasteiger partial charge in [-0.05, 0) is 39.7 Å². The lowest BCUT2D eigenvalue weighted by molar-refractivity contribution is 0.0209. The Morgan fingerprint density at radius 2 is 2.23 bits per heavy atom. The van der Waals surface area contributed by atoms with Crippen LogP contribution in [-0.4, -0.2) is 52.7 Å². The number of hydrogen-bond donors (Lipinski definition) is 0. The molecule has 1 aromatic rings. The van der Waals surface area contributed by atoms with Crippen LogP contribution in [0.25, 0.3) is 0 Å². The van der Waals surface area contributed by atoms with Gasteiger partial charge in [0.25, 0.3) is 0 Å². The molecule has 22 heavy (non-hydrogen) atoms. The monoisotopic (exact) mass is 326 g/mol. The summed E-state index contributed by atoms with van der Waals surface area (Å²) in [6.45, 7) is 7.14.